The van der Waals surface area contributed by atoms with Crippen LogP contribution < -0.4 is 5.32 Å². The molecular formula is C23H30N4OS. The lowest BCUT2D eigenvalue weighted by Gasteiger charge is -2.56. The lowest BCUT2D eigenvalue weighted by atomic mass is 9.53. The first-order valence-corrected chi connectivity index (χ1v) is 12.0. The summed E-state index contributed by atoms with van der Waals surface area (Å²) in [7, 11) is 0. The van der Waals surface area contributed by atoms with Crippen molar-refractivity contribution >= 4 is 17.7 Å². The van der Waals surface area contributed by atoms with Crippen LogP contribution in [0, 0.1) is 24.7 Å². The minimum absolute atomic E-state index is 0.0809. The Morgan fingerprint density at radius 3 is 2.48 bits per heavy atom. The van der Waals surface area contributed by atoms with Crippen molar-refractivity contribution in [3.05, 3.63) is 29.8 Å². The molecule has 4 fully saturated rings. The predicted octanol–water partition coefficient (Wildman–Crippen LogP) is 4.45. The molecule has 2 aromatic rings. The Kier molecular flexibility index (Phi) is 4.93. The zero-order valence-electron chi connectivity index (χ0n) is 17.4. The molecular weight excluding hydrogens is 380 g/mol. The van der Waals surface area contributed by atoms with Crippen LogP contribution in [0.25, 0.3) is 11.4 Å². The van der Waals surface area contributed by atoms with Crippen LogP contribution in [-0.2, 0) is 11.3 Å². The molecule has 29 heavy (non-hydrogen) atoms. The Bertz CT molecular complexity index is 886. The molecule has 0 aliphatic heterocycles. The third-order valence-electron chi connectivity index (χ3n) is 7.08. The summed E-state index contributed by atoms with van der Waals surface area (Å²) in [5.41, 5.74) is 2.36. The highest BCUT2D eigenvalue weighted by atomic mass is 32.2. The number of thioether (sulfide) groups is 1. The quantitative estimate of drug-likeness (QED) is 0.715. The SMILES string of the molecule is CCn1c(SCC(=O)NC23CC4CC(CC(C4)C2)C3)nnc1-c1cccc(C)c1. The van der Waals surface area contributed by atoms with Crippen LogP contribution in [0.15, 0.2) is 29.4 Å². The van der Waals surface area contributed by atoms with E-state index >= 15 is 0 Å². The number of nitrogens with one attached hydrogen (secondary N) is 1. The Hall–Kier alpha value is -1.82. The van der Waals surface area contributed by atoms with Gasteiger partial charge in [-0.3, -0.25) is 4.79 Å². The Morgan fingerprint density at radius 1 is 1.17 bits per heavy atom. The fourth-order valence-electron chi connectivity index (χ4n) is 6.40. The molecule has 4 bridgehead atoms. The van der Waals surface area contributed by atoms with E-state index in [1.54, 1.807) is 0 Å². The van der Waals surface area contributed by atoms with Gasteiger partial charge in [0.2, 0.25) is 5.91 Å². The second kappa shape index (κ2) is 7.46. The molecule has 0 spiro atoms. The lowest BCUT2D eigenvalue weighted by Crippen LogP contribution is -2.60. The predicted molar refractivity (Wildman–Crippen MR) is 116 cm³/mol. The fraction of sp³-hybridized carbons (Fsp3) is 0.609. The van der Waals surface area contributed by atoms with Gasteiger partial charge in [0.05, 0.1) is 5.75 Å². The zero-order valence-corrected chi connectivity index (χ0v) is 18.2. The maximum atomic E-state index is 12.8. The number of rotatable bonds is 6. The van der Waals surface area contributed by atoms with Gasteiger partial charge in [0, 0.05) is 17.6 Å². The molecule has 6 heteroatoms. The van der Waals surface area contributed by atoms with Crippen molar-refractivity contribution in [2.45, 2.75) is 69.6 Å². The van der Waals surface area contributed by atoms with Gasteiger partial charge in [-0.15, -0.1) is 10.2 Å². The van der Waals surface area contributed by atoms with Crippen molar-refractivity contribution in [3.63, 3.8) is 0 Å². The summed E-state index contributed by atoms with van der Waals surface area (Å²) >= 11 is 1.51. The molecule has 1 amide bonds. The minimum Gasteiger partial charge on any atom is -0.350 e. The van der Waals surface area contributed by atoms with Crippen LogP contribution in [0.5, 0.6) is 0 Å². The molecule has 0 atom stereocenters. The molecule has 1 heterocycles. The summed E-state index contributed by atoms with van der Waals surface area (Å²) in [6.07, 6.45) is 7.76. The van der Waals surface area contributed by atoms with Crippen LogP contribution in [-0.4, -0.2) is 32.0 Å². The first-order valence-electron chi connectivity index (χ1n) is 11.0. The number of benzene rings is 1. The average Bonchev–Trinajstić information content (AvgIpc) is 3.08. The van der Waals surface area contributed by atoms with Gasteiger partial charge in [-0.25, -0.2) is 0 Å². The van der Waals surface area contributed by atoms with E-state index in [0.717, 1.165) is 40.8 Å². The van der Waals surface area contributed by atoms with E-state index in [0.29, 0.717) is 5.75 Å². The zero-order chi connectivity index (χ0) is 20.0. The monoisotopic (exact) mass is 410 g/mol. The maximum Gasteiger partial charge on any atom is 0.230 e. The number of carbonyl (C=O) groups excluding carboxylic acids is 1. The van der Waals surface area contributed by atoms with Crippen LogP contribution in [0.1, 0.15) is 51.0 Å². The number of hydrogen-bond donors (Lipinski definition) is 1. The van der Waals surface area contributed by atoms with Crippen molar-refractivity contribution in [3.8, 4) is 11.4 Å². The highest BCUT2D eigenvalue weighted by Gasteiger charge is 2.51. The Morgan fingerprint density at radius 2 is 1.86 bits per heavy atom. The summed E-state index contributed by atoms with van der Waals surface area (Å²) in [5.74, 6) is 3.96. The molecule has 6 rings (SSSR count). The normalized spacial score (nSPS) is 29.9. The topological polar surface area (TPSA) is 59.8 Å². The van der Waals surface area contributed by atoms with E-state index < -0.39 is 0 Å². The molecule has 4 aliphatic carbocycles. The van der Waals surface area contributed by atoms with Gasteiger partial charge in [0.25, 0.3) is 0 Å². The van der Waals surface area contributed by atoms with E-state index in [1.807, 2.05) is 6.07 Å². The molecule has 1 aromatic heterocycles. The van der Waals surface area contributed by atoms with Crippen molar-refractivity contribution in [2.24, 2.45) is 17.8 Å². The fourth-order valence-corrected chi connectivity index (χ4v) is 7.21. The number of amides is 1. The standard InChI is InChI=1S/C23H30N4OS/c1-3-27-21(19-6-4-5-15(2)7-19)25-26-22(27)29-14-20(28)24-23-11-16-8-17(12-23)10-18(9-16)13-23/h4-7,16-18H,3,8-14H2,1-2H3,(H,24,28). The van der Waals surface area contributed by atoms with Crippen molar-refractivity contribution in [1.82, 2.24) is 20.1 Å². The molecule has 1 aromatic carbocycles. The molecule has 4 aliphatic rings. The van der Waals surface area contributed by atoms with Gasteiger partial charge in [-0.05, 0) is 76.2 Å². The van der Waals surface area contributed by atoms with Gasteiger partial charge in [-0.2, -0.15) is 0 Å². The van der Waals surface area contributed by atoms with Crippen molar-refractivity contribution in [2.75, 3.05) is 5.75 Å². The van der Waals surface area contributed by atoms with E-state index in [9.17, 15) is 4.79 Å². The van der Waals surface area contributed by atoms with Gasteiger partial charge in [0.1, 0.15) is 0 Å². The molecule has 0 saturated heterocycles. The van der Waals surface area contributed by atoms with Crippen LogP contribution >= 0.6 is 11.8 Å². The first kappa shape index (κ1) is 19.2. The van der Waals surface area contributed by atoms with Gasteiger partial charge < -0.3 is 9.88 Å². The molecule has 5 nitrogen and oxygen atoms in total. The minimum atomic E-state index is 0.0809. The summed E-state index contributed by atoms with van der Waals surface area (Å²) in [5, 5.41) is 13.1. The lowest BCUT2D eigenvalue weighted by molar-refractivity contribution is -0.124. The smallest absolute Gasteiger partial charge is 0.230 e. The van der Waals surface area contributed by atoms with Gasteiger partial charge in [-0.1, -0.05) is 35.5 Å². The third-order valence-corrected chi connectivity index (χ3v) is 8.05. The summed E-state index contributed by atoms with van der Waals surface area (Å²) in [6, 6.07) is 8.33. The van der Waals surface area contributed by atoms with Crippen LogP contribution in [0.3, 0.4) is 0 Å². The van der Waals surface area contributed by atoms with Gasteiger partial charge in [0.15, 0.2) is 11.0 Å². The molecule has 0 radical (unpaired) electrons. The summed E-state index contributed by atoms with van der Waals surface area (Å²) in [4.78, 5) is 12.8. The first-order chi connectivity index (χ1) is 14.0. The van der Waals surface area contributed by atoms with E-state index in [2.05, 4.69) is 52.1 Å². The van der Waals surface area contributed by atoms with Crippen molar-refractivity contribution < 1.29 is 4.79 Å². The number of hydrogen-bond acceptors (Lipinski definition) is 4. The highest BCUT2D eigenvalue weighted by Crippen LogP contribution is 2.55. The van der Waals surface area contributed by atoms with E-state index in [1.165, 1.54) is 55.9 Å². The maximum absolute atomic E-state index is 12.8. The number of nitrogens with zero attached hydrogens (tertiary/aromatic N) is 3. The van der Waals surface area contributed by atoms with E-state index in [4.69, 9.17) is 0 Å². The number of carbonyl (C=O) groups is 1. The van der Waals surface area contributed by atoms with Crippen LogP contribution in [0.2, 0.25) is 0 Å². The molecule has 0 unspecified atom stereocenters. The van der Waals surface area contributed by atoms with Crippen molar-refractivity contribution in [1.29, 1.82) is 0 Å². The third kappa shape index (κ3) is 3.72. The molecule has 4 saturated carbocycles. The second-order valence-electron chi connectivity index (χ2n) is 9.45. The average molecular weight is 411 g/mol. The van der Waals surface area contributed by atoms with Crippen LogP contribution in [0.4, 0.5) is 0 Å². The van der Waals surface area contributed by atoms with Gasteiger partial charge >= 0.3 is 0 Å². The van der Waals surface area contributed by atoms with E-state index in [-0.39, 0.29) is 11.4 Å². The Labute approximate surface area is 177 Å². The summed E-state index contributed by atoms with van der Waals surface area (Å²) in [6.45, 7) is 4.97. The molecule has 154 valence electrons. The molecule has 1 N–H and O–H groups in total. The number of aryl methyl sites for hydroxylation is 1. The number of aromatic nitrogens is 3. The highest BCUT2D eigenvalue weighted by molar-refractivity contribution is 7.99. The largest absolute Gasteiger partial charge is 0.350 e. The Balaban J connectivity index is 1.25. The summed E-state index contributed by atoms with van der Waals surface area (Å²) < 4.78 is 2.11. The second-order valence-corrected chi connectivity index (χ2v) is 10.4.